The largest absolute Gasteiger partial charge is 0.477 e. The molecule has 0 unspecified atom stereocenters. The van der Waals surface area contributed by atoms with E-state index in [-0.39, 0.29) is 10.6 Å². The van der Waals surface area contributed by atoms with E-state index in [9.17, 15) is 14.9 Å². The predicted octanol–water partition coefficient (Wildman–Crippen LogP) is 2.97. The molecule has 0 atom stereocenters. The van der Waals surface area contributed by atoms with Crippen molar-refractivity contribution in [3.63, 3.8) is 0 Å². The maximum atomic E-state index is 10.5. The lowest BCUT2D eigenvalue weighted by Crippen LogP contribution is -2.01. The maximum Gasteiger partial charge on any atom is 0.342 e. The van der Waals surface area contributed by atoms with Gasteiger partial charge in [0.2, 0.25) is 0 Å². The van der Waals surface area contributed by atoms with Crippen LogP contribution in [0.25, 0.3) is 0 Å². The smallest absolute Gasteiger partial charge is 0.342 e. The number of nitro benzene ring substituents is 1. The molecule has 0 aromatic heterocycles. The number of benzene rings is 1. The Morgan fingerprint density at radius 1 is 1.47 bits per heavy atom. The molecular weight excluding hydrogens is 222 g/mol. The minimum atomic E-state index is -1.34. The van der Waals surface area contributed by atoms with Gasteiger partial charge in [0, 0.05) is 11.1 Å². The average molecular weight is 232 g/mol. The fourth-order valence-electron chi connectivity index (χ4n) is 0.837. The first-order valence-electron chi connectivity index (χ1n) is 4.19. The second-order valence-corrected chi connectivity index (χ2v) is 2.66. The molecule has 1 rings (SSSR count). The molecule has 0 fully saturated rings. The minimum absolute atomic E-state index is 0.136. The summed E-state index contributed by atoms with van der Waals surface area (Å²) in [6, 6.07) is 3.39. The van der Waals surface area contributed by atoms with Gasteiger partial charge in [0.25, 0.3) is 5.69 Å². The molecule has 82 valence electrons. The van der Waals surface area contributed by atoms with E-state index < -0.39 is 16.6 Å². The van der Waals surface area contributed by atoms with Crippen LogP contribution in [0.4, 0.5) is 5.69 Å². The molecule has 0 saturated heterocycles. The Balaban J connectivity index is 0.000000921. The number of carboxylic acids is 1. The highest BCUT2D eigenvalue weighted by Crippen LogP contribution is 2.22. The SMILES string of the molecule is CC.O=C(O)c1ccc(Cl)cc1[N+](=O)[O-]. The Labute approximate surface area is 91.4 Å². The Bertz CT molecular complexity index is 378. The van der Waals surface area contributed by atoms with Crippen molar-refractivity contribution in [3.8, 4) is 0 Å². The average Bonchev–Trinajstić information content (AvgIpc) is 2.20. The first-order valence-corrected chi connectivity index (χ1v) is 4.57. The third kappa shape index (κ3) is 3.55. The van der Waals surface area contributed by atoms with Gasteiger partial charge in [0.05, 0.1) is 4.92 Å². The molecule has 1 N–H and O–H groups in total. The fourth-order valence-corrected chi connectivity index (χ4v) is 1.00. The summed E-state index contributed by atoms with van der Waals surface area (Å²) in [5.41, 5.74) is -0.866. The highest BCUT2D eigenvalue weighted by Gasteiger charge is 2.19. The van der Waals surface area contributed by atoms with Crippen LogP contribution < -0.4 is 0 Å². The summed E-state index contributed by atoms with van der Waals surface area (Å²) in [6.07, 6.45) is 0. The summed E-state index contributed by atoms with van der Waals surface area (Å²) < 4.78 is 0. The number of rotatable bonds is 2. The van der Waals surface area contributed by atoms with Crippen molar-refractivity contribution in [2.24, 2.45) is 0 Å². The lowest BCUT2D eigenvalue weighted by Gasteiger charge is -1.97. The number of aromatic carboxylic acids is 1. The van der Waals surface area contributed by atoms with Crippen molar-refractivity contribution in [2.75, 3.05) is 0 Å². The van der Waals surface area contributed by atoms with Gasteiger partial charge in [-0.1, -0.05) is 25.4 Å². The number of carbonyl (C=O) groups is 1. The lowest BCUT2D eigenvalue weighted by atomic mass is 10.2. The molecule has 0 spiro atoms. The zero-order valence-electron chi connectivity index (χ0n) is 8.23. The lowest BCUT2D eigenvalue weighted by molar-refractivity contribution is -0.385. The van der Waals surface area contributed by atoms with Crippen molar-refractivity contribution < 1.29 is 14.8 Å². The first kappa shape index (κ1) is 13.4. The van der Waals surface area contributed by atoms with E-state index in [0.29, 0.717) is 0 Å². The van der Waals surface area contributed by atoms with Crippen LogP contribution in [0.15, 0.2) is 18.2 Å². The van der Waals surface area contributed by atoms with E-state index in [0.717, 1.165) is 12.1 Å². The van der Waals surface area contributed by atoms with Gasteiger partial charge in [-0.05, 0) is 12.1 Å². The van der Waals surface area contributed by atoms with Gasteiger partial charge in [-0.3, -0.25) is 10.1 Å². The van der Waals surface area contributed by atoms with Gasteiger partial charge in [-0.2, -0.15) is 0 Å². The van der Waals surface area contributed by atoms with E-state index in [1.165, 1.54) is 6.07 Å². The second kappa shape index (κ2) is 5.98. The number of halogens is 1. The maximum absolute atomic E-state index is 10.5. The van der Waals surface area contributed by atoms with E-state index >= 15 is 0 Å². The molecule has 1 aromatic rings. The van der Waals surface area contributed by atoms with Crippen LogP contribution in [-0.4, -0.2) is 16.0 Å². The van der Waals surface area contributed by atoms with Crippen LogP contribution in [0, 0.1) is 10.1 Å². The third-order valence-corrected chi connectivity index (χ3v) is 1.62. The number of nitrogens with zero attached hydrogens (tertiary/aromatic N) is 1. The third-order valence-electron chi connectivity index (χ3n) is 1.39. The van der Waals surface area contributed by atoms with Crippen LogP contribution in [0.5, 0.6) is 0 Å². The normalized spacial score (nSPS) is 8.73. The summed E-state index contributed by atoms with van der Waals surface area (Å²) in [5, 5.41) is 19.1. The zero-order chi connectivity index (χ0) is 12.0. The number of hydrogen-bond acceptors (Lipinski definition) is 3. The topological polar surface area (TPSA) is 80.4 Å². The standard InChI is InChI=1S/C7H4ClNO4.C2H6/c8-4-1-2-5(7(10)11)6(3-4)9(12)13;1-2/h1-3H,(H,10,11);1-2H3. The molecule has 0 radical (unpaired) electrons. The molecule has 0 aliphatic heterocycles. The summed E-state index contributed by atoms with van der Waals surface area (Å²) in [5.74, 6) is -1.34. The fraction of sp³-hybridized carbons (Fsp3) is 0.222. The van der Waals surface area contributed by atoms with Crippen LogP contribution in [0.1, 0.15) is 24.2 Å². The zero-order valence-corrected chi connectivity index (χ0v) is 8.99. The number of nitro groups is 1. The summed E-state index contributed by atoms with van der Waals surface area (Å²) in [4.78, 5) is 20.1. The first-order chi connectivity index (χ1) is 7.02. The Morgan fingerprint density at radius 3 is 2.40 bits per heavy atom. The van der Waals surface area contributed by atoms with Gasteiger partial charge in [-0.15, -0.1) is 0 Å². The van der Waals surface area contributed by atoms with Crippen molar-refractivity contribution in [1.29, 1.82) is 0 Å². The van der Waals surface area contributed by atoms with Crippen LogP contribution in [0.2, 0.25) is 5.02 Å². The van der Waals surface area contributed by atoms with Crippen LogP contribution in [-0.2, 0) is 0 Å². The molecule has 15 heavy (non-hydrogen) atoms. The molecule has 0 bridgehead atoms. The molecule has 0 aliphatic carbocycles. The van der Waals surface area contributed by atoms with Crippen molar-refractivity contribution in [1.82, 2.24) is 0 Å². The Kier molecular flexibility index (Phi) is 5.33. The van der Waals surface area contributed by atoms with Crippen molar-refractivity contribution >= 4 is 23.3 Å². The molecular formula is C9H10ClNO4. The molecule has 0 amide bonds. The molecule has 0 aliphatic rings. The summed E-state index contributed by atoms with van der Waals surface area (Å²) in [6.45, 7) is 4.00. The summed E-state index contributed by atoms with van der Waals surface area (Å²) in [7, 11) is 0. The minimum Gasteiger partial charge on any atom is -0.477 e. The molecule has 0 saturated carbocycles. The number of carboxylic acid groups (broad SMARTS) is 1. The van der Waals surface area contributed by atoms with E-state index in [1.54, 1.807) is 0 Å². The summed E-state index contributed by atoms with van der Waals surface area (Å²) >= 11 is 5.47. The highest BCUT2D eigenvalue weighted by molar-refractivity contribution is 6.31. The van der Waals surface area contributed by atoms with E-state index in [4.69, 9.17) is 16.7 Å². The molecule has 5 nitrogen and oxygen atoms in total. The van der Waals surface area contributed by atoms with Gasteiger partial charge < -0.3 is 5.11 Å². The monoisotopic (exact) mass is 231 g/mol. The van der Waals surface area contributed by atoms with E-state index in [1.807, 2.05) is 13.8 Å². The van der Waals surface area contributed by atoms with Gasteiger partial charge in [-0.25, -0.2) is 4.79 Å². The predicted molar refractivity (Wildman–Crippen MR) is 56.4 cm³/mol. The highest BCUT2D eigenvalue weighted by atomic mass is 35.5. The van der Waals surface area contributed by atoms with Crippen molar-refractivity contribution in [2.45, 2.75) is 13.8 Å². The molecule has 1 aromatic carbocycles. The second-order valence-electron chi connectivity index (χ2n) is 2.22. The molecule has 6 heteroatoms. The quantitative estimate of drug-likeness (QED) is 0.627. The Morgan fingerprint density at radius 2 is 2.00 bits per heavy atom. The Hall–Kier alpha value is -1.62. The van der Waals surface area contributed by atoms with Crippen LogP contribution >= 0.6 is 11.6 Å². The van der Waals surface area contributed by atoms with Crippen molar-refractivity contribution in [3.05, 3.63) is 38.9 Å². The number of hydrogen-bond donors (Lipinski definition) is 1. The van der Waals surface area contributed by atoms with Gasteiger partial charge in [0.15, 0.2) is 0 Å². The molecule has 0 heterocycles. The van der Waals surface area contributed by atoms with Gasteiger partial charge in [0.1, 0.15) is 5.56 Å². The van der Waals surface area contributed by atoms with E-state index in [2.05, 4.69) is 0 Å². The van der Waals surface area contributed by atoms with Crippen LogP contribution in [0.3, 0.4) is 0 Å². The van der Waals surface area contributed by atoms with Gasteiger partial charge >= 0.3 is 5.97 Å².